The van der Waals surface area contributed by atoms with Crippen molar-refractivity contribution in [2.24, 2.45) is 0 Å². The summed E-state index contributed by atoms with van der Waals surface area (Å²) in [5.41, 5.74) is 0.991. The molecule has 27 heavy (non-hydrogen) atoms. The zero-order valence-corrected chi connectivity index (χ0v) is 15.9. The van der Waals surface area contributed by atoms with Crippen LogP contribution in [-0.4, -0.2) is 55.4 Å². The summed E-state index contributed by atoms with van der Waals surface area (Å²) < 4.78 is 48.1. The van der Waals surface area contributed by atoms with Gasteiger partial charge in [0.25, 0.3) is 0 Å². The molecule has 1 heterocycles. The Hall–Kier alpha value is -1.80. The number of ether oxygens (including phenoxy) is 2. The third-order valence-corrected chi connectivity index (χ3v) is 4.54. The summed E-state index contributed by atoms with van der Waals surface area (Å²) in [4.78, 5) is 14.9. The molecule has 0 aromatic heterocycles. The van der Waals surface area contributed by atoms with E-state index in [0.717, 1.165) is 12.0 Å². The lowest BCUT2D eigenvalue weighted by Gasteiger charge is -2.37. The molecule has 1 N–H and O–H groups in total. The fraction of sp³-hybridized carbons (Fsp3) is 0.632. The summed E-state index contributed by atoms with van der Waals surface area (Å²) in [6, 6.07) is 4.41. The minimum Gasteiger partial charge on any atom is -0.482 e. The number of anilines is 1. The van der Waals surface area contributed by atoms with E-state index < -0.39 is 12.8 Å². The van der Waals surface area contributed by atoms with Crippen LogP contribution in [0, 0.1) is 6.92 Å². The number of hydrogen-bond acceptors (Lipinski definition) is 4. The lowest BCUT2D eigenvalue weighted by molar-refractivity contribution is -0.153. The first-order valence-electron chi connectivity index (χ1n) is 9.20. The smallest absolute Gasteiger partial charge is 0.422 e. The van der Waals surface area contributed by atoms with Crippen LogP contribution in [0.1, 0.15) is 32.3 Å². The van der Waals surface area contributed by atoms with Gasteiger partial charge in [-0.15, -0.1) is 0 Å². The average Bonchev–Trinajstić information content (AvgIpc) is 2.62. The van der Waals surface area contributed by atoms with Crippen LogP contribution in [0.3, 0.4) is 0 Å². The van der Waals surface area contributed by atoms with Gasteiger partial charge in [0.05, 0.1) is 24.4 Å². The molecule has 2 atom stereocenters. The second-order valence-corrected chi connectivity index (χ2v) is 6.71. The third kappa shape index (κ3) is 6.39. The molecule has 1 aliphatic rings. The Morgan fingerprint density at radius 2 is 2.15 bits per heavy atom. The highest BCUT2D eigenvalue weighted by Gasteiger charge is 2.31. The maximum atomic E-state index is 12.8. The lowest BCUT2D eigenvalue weighted by atomic mass is 10.1. The van der Waals surface area contributed by atoms with Crippen LogP contribution < -0.4 is 10.1 Å². The number of hydrogen-bond donors (Lipinski definition) is 1. The molecule has 2 unspecified atom stereocenters. The number of aryl methyl sites for hydroxylation is 1. The molecule has 0 spiro atoms. The Bertz CT molecular complexity index is 637. The van der Waals surface area contributed by atoms with Gasteiger partial charge in [0, 0.05) is 13.1 Å². The summed E-state index contributed by atoms with van der Waals surface area (Å²) in [5, 5.41) is 2.74. The van der Waals surface area contributed by atoms with Gasteiger partial charge in [0.1, 0.15) is 5.75 Å². The zero-order chi connectivity index (χ0) is 20.0. The van der Waals surface area contributed by atoms with Gasteiger partial charge in [-0.25, -0.2) is 0 Å². The van der Waals surface area contributed by atoms with Crippen LogP contribution in [0.25, 0.3) is 0 Å². The first-order chi connectivity index (χ1) is 12.7. The molecule has 1 aromatic rings. The number of benzene rings is 1. The van der Waals surface area contributed by atoms with Crippen molar-refractivity contribution < 1.29 is 27.4 Å². The number of nitrogens with one attached hydrogen (secondary N) is 1. The SMILES string of the molecule is CCC1CN(C(CC)C(=O)Nc2ccc(C)cc2OCC(F)(F)F)CCO1. The highest BCUT2D eigenvalue weighted by molar-refractivity contribution is 5.96. The fourth-order valence-corrected chi connectivity index (χ4v) is 3.11. The number of rotatable bonds is 7. The topological polar surface area (TPSA) is 50.8 Å². The number of morpholine rings is 1. The summed E-state index contributed by atoms with van der Waals surface area (Å²) in [6.45, 7) is 6.16. The van der Waals surface area contributed by atoms with E-state index >= 15 is 0 Å². The Labute approximate surface area is 157 Å². The quantitative estimate of drug-likeness (QED) is 0.773. The second kappa shape index (κ2) is 9.41. The van der Waals surface area contributed by atoms with Crippen LogP contribution in [0.2, 0.25) is 0 Å². The number of nitrogens with zero attached hydrogens (tertiary/aromatic N) is 1. The van der Waals surface area contributed by atoms with Crippen molar-refractivity contribution in [1.29, 1.82) is 0 Å². The van der Waals surface area contributed by atoms with Crippen molar-refractivity contribution in [1.82, 2.24) is 4.90 Å². The van der Waals surface area contributed by atoms with Crippen molar-refractivity contribution in [2.45, 2.75) is 51.9 Å². The largest absolute Gasteiger partial charge is 0.482 e. The van der Waals surface area contributed by atoms with Gasteiger partial charge in [0.15, 0.2) is 6.61 Å². The molecule has 1 amide bonds. The minimum absolute atomic E-state index is 0.0175. The maximum absolute atomic E-state index is 12.8. The normalized spacial score (nSPS) is 19.6. The molecule has 5 nitrogen and oxygen atoms in total. The van der Waals surface area contributed by atoms with E-state index in [1.54, 1.807) is 19.1 Å². The Kier molecular flexibility index (Phi) is 7.49. The zero-order valence-electron chi connectivity index (χ0n) is 15.9. The van der Waals surface area contributed by atoms with E-state index in [1.807, 2.05) is 13.8 Å². The van der Waals surface area contributed by atoms with Gasteiger partial charge in [-0.1, -0.05) is 19.9 Å². The monoisotopic (exact) mass is 388 g/mol. The molecule has 2 rings (SSSR count). The minimum atomic E-state index is -4.44. The predicted molar refractivity (Wildman–Crippen MR) is 97.0 cm³/mol. The molecule has 1 aliphatic heterocycles. The highest BCUT2D eigenvalue weighted by atomic mass is 19.4. The number of carbonyl (C=O) groups excluding carboxylic acids is 1. The van der Waals surface area contributed by atoms with Gasteiger partial charge in [-0.3, -0.25) is 9.69 Å². The Morgan fingerprint density at radius 1 is 1.41 bits per heavy atom. The van der Waals surface area contributed by atoms with Crippen molar-refractivity contribution in [3.8, 4) is 5.75 Å². The Morgan fingerprint density at radius 3 is 2.78 bits per heavy atom. The molecule has 0 aliphatic carbocycles. The number of halogens is 3. The second-order valence-electron chi connectivity index (χ2n) is 6.71. The first-order valence-corrected chi connectivity index (χ1v) is 9.20. The van der Waals surface area contributed by atoms with Crippen LogP contribution in [0.15, 0.2) is 18.2 Å². The molecule has 0 saturated carbocycles. The van der Waals surface area contributed by atoms with Gasteiger partial charge >= 0.3 is 6.18 Å². The van der Waals surface area contributed by atoms with Crippen LogP contribution in [0.4, 0.5) is 18.9 Å². The van der Waals surface area contributed by atoms with Crippen LogP contribution >= 0.6 is 0 Å². The van der Waals surface area contributed by atoms with Crippen molar-refractivity contribution in [3.05, 3.63) is 23.8 Å². The lowest BCUT2D eigenvalue weighted by Crippen LogP contribution is -2.51. The molecule has 0 radical (unpaired) electrons. The van der Waals surface area contributed by atoms with E-state index in [1.165, 1.54) is 6.07 Å². The number of amides is 1. The summed E-state index contributed by atoms with van der Waals surface area (Å²) in [6.07, 6.45) is -2.90. The van der Waals surface area contributed by atoms with Gasteiger partial charge in [0.2, 0.25) is 5.91 Å². The molecule has 1 fully saturated rings. The molecule has 1 saturated heterocycles. The summed E-state index contributed by atoms with van der Waals surface area (Å²) in [5.74, 6) is -0.237. The molecular weight excluding hydrogens is 361 g/mol. The first kappa shape index (κ1) is 21.5. The highest BCUT2D eigenvalue weighted by Crippen LogP contribution is 2.28. The van der Waals surface area contributed by atoms with E-state index in [-0.39, 0.29) is 29.5 Å². The maximum Gasteiger partial charge on any atom is 0.422 e. The molecule has 152 valence electrons. The fourth-order valence-electron chi connectivity index (χ4n) is 3.11. The van der Waals surface area contributed by atoms with Gasteiger partial charge in [-0.2, -0.15) is 13.2 Å². The van der Waals surface area contributed by atoms with Crippen molar-refractivity contribution in [3.63, 3.8) is 0 Å². The average molecular weight is 388 g/mol. The van der Waals surface area contributed by atoms with E-state index in [9.17, 15) is 18.0 Å². The van der Waals surface area contributed by atoms with E-state index in [0.29, 0.717) is 26.1 Å². The standard InChI is InChI=1S/C19H27F3N2O3/c1-4-14-11-24(8-9-26-14)16(5-2)18(25)23-15-7-6-13(3)10-17(15)27-12-19(20,21)22/h6-7,10,14,16H,4-5,8-9,11-12H2,1-3H3,(H,23,25). The third-order valence-electron chi connectivity index (χ3n) is 4.54. The molecule has 0 bridgehead atoms. The van der Waals surface area contributed by atoms with E-state index in [4.69, 9.17) is 9.47 Å². The molecular formula is C19H27F3N2O3. The predicted octanol–water partition coefficient (Wildman–Crippen LogP) is 3.76. The molecule has 1 aromatic carbocycles. The van der Waals surface area contributed by atoms with Gasteiger partial charge in [-0.05, 0) is 37.5 Å². The molecule has 8 heteroatoms. The van der Waals surface area contributed by atoms with E-state index in [2.05, 4.69) is 10.2 Å². The summed E-state index contributed by atoms with van der Waals surface area (Å²) in [7, 11) is 0. The number of carbonyl (C=O) groups is 1. The van der Waals surface area contributed by atoms with Gasteiger partial charge < -0.3 is 14.8 Å². The van der Waals surface area contributed by atoms with Crippen LogP contribution in [-0.2, 0) is 9.53 Å². The van der Waals surface area contributed by atoms with Crippen LogP contribution in [0.5, 0.6) is 5.75 Å². The van der Waals surface area contributed by atoms with Crippen molar-refractivity contribution in [2.75, 3.05) is 31.6 Å². The summed E-state index contributed by atoms with van der Waals surface area (Å²) >= 11 is 0. The van der Waals surface area contributed by atoms with Crippen molar-refractivity contribution >= 4 is 11.6 Å². The number of alkyl halides is 3. The Balaban J connectivity index is 2.11.